The number of amides is 2. The highest BCUT2D eigenvalue weighted by Crippen LogP contribution is 2.68. The first-order chi connectivity index (χ1) is 11.1. The van der Waals surface area contributed by atoms with Crippen molar-refractivity contribution in [1.82, 2.24) is 0 Å². The monoisotopic (exact) mass is 309 g/mol. The van der Waals surface area contributed by atoms with Crippen molar-refractivity contribution in [2.45, 2.75) is 39.0 Å². The molecule has 6 rings (SSSR count). The fourth-order valence-corrected chi connectivity index (χ4v) is 5.80. The average Bonchev–Trinajstić information content (AvgIpc) is 3.32. The lowest BCUT2D eigenvalue weighted by Crippen LogP contribution is -2.43. The molecule has 6 atom stereocenters. The Hall–Kier alpha value is -1.64. The molecule has 6 unspecified atom stereocenters. The zero-order valence-corrected chi connectivity index (χ0v) is 13.7. The standard InChI is InChI=1S/C20H23NO2/c1-10(2)11-3-5-12(6-4-11)21-19(22)17-13-7-8-14(16-9-15(13)16)18(17)20(21)23/h3-6,10,13-18H,7-9H2,1-2H3. The first-order valence-electron chi connectivity index (χ1n) is 9.05. The van der Waals surface area contributed by atoms with Gasteiger partial charge < -0.3 is 0 Å². The van der Waals surface area contributed by atoms with Crippen LogP contribution in [0.2, 0.25) is 0 Å². The number of hydrogen-bond donors (Lipinski definition) is 0. The lowest BCUT2D eigenvalue weighted by atomic mass is 9.59. The number of hydrogen-bond acceptors (Lipinski definition) is 2. The van der Waals surface area contributed by atoms with Crippen LogP contribution in [-0.4, -0.2) is 11.8 Å². The minimum atomic E-state index is -0.0187. The highest BCUT2D eigenvalue weighted by Gasteiger charge is 2.68. The number of nitrogens with zero attached hydrogens (tertiary/aromatic N) is 1. The van der Waals surface area contributed by atoms with Crippen molar-refractivity contribution in [3.63, 3.8) is 0 Å². The van der Waals surface area contributed by atoms with Crippen LogP contribution in [0.5, 0.6) is 0 Å². The largest absolute Gasteiger partial charge is 0.274 e. The number of carbonyl (C=O) groups excluding carboxylic acids is 2. The SMILES string of the molecule is CC(C)c1ccc(N2C(=O)C3C4CCC(C5CC54)C3C2=O)cc1. The summed E-state index contributed by atoms with van der Waals surface area (Å²) in [6.07, 6.45) is 3.59. The third-order valence-corrected chi connectivity index (χ3v) is 6.96. The van der Waals surface area contributed by atoms with E-state index in [-0.39, 0.29) is 23.7 Å². The van der Waals surface area contributed by atoms with Crippen LogP contribution < -0.4 is 4.90 Å². The Morgan fingerprint density at radius 3 is 1.87 bits per heavy atom. The molecule has 5 aliphatic rings. The predicted octanol–water partition coefficient (Wildman–Crippen LogP) is 3.59. The van der Waals surface area contributed by atoms with E-state index in [1.165, 1.54) is 16.9 Å². The molecule has 1 heterocycles. The smallest absolute Gasteiger partial charge is 0.237 e. The molecule has 3 nitrogen and oxygen atoms in total. The van der Waals surface area contributed by atoms with Crippen LogP contribution in [0.15, 0.2) is 24.3 Å². The van der Waals surface area contributed by atoms with Gasteiger partial charge in [0.1, 0.15) is 0 Å². The molecule has 1 aromatic rings. The molecule has 1 aliphatic heterocycles. The number of benzene rings is 1. The van der Waals surface area contributed by atoms with Gasteiger partial charge in [0.15, 0.2) is 0 Å². The van der Waals surface area contributed by atoms with Crippen molar-refractivity contribution in [3.8, 4) is 0 Å². The van der Waals surface area contributed by atoms with E-state index in [4.69, 9.17) is 0 Å². The fourth-order valence-electron chi connectivity index (χ4n) is 5.80. The maximum atomic E-state index is 13.0. The molecule has 0 radical (unpaired) electrons. The van der Waals surface area contributed by atoms with Gasteiger partial charge in [-0.25, -0.2) is 0 Å². The summed E-state index contributed by atoms with van der Waals surface area (Å²) >= 11 is 0. The number of imide groups is 1. The Bertz CT molecular complexity index is 658. The second kappa shape index (κ2) is 4.46. The summed E-state index contributed by atoms with van der Waals surface area (Å²) < 4.78 is 0. The van der Waals surface area contributed by atoms with Crippen molar-refractivity contribution < 1.29 is 9.59 Å². The van der Waals surface area contributed by atoms with Gasteiger partial charge in [-0.1, -0.05) is 26.0 Å². The molecule has 0 N–H and O–H groups in total. The average molecular weight is 309 g/mol. The maximum Gasteiger partial charge on any atom is 0.237 e. The van der Waals surface area contributed by atoms with E-state index in [1.807, 2.05) is 12.1 Å². The van der Waals surface area contributed by atoms with Crippen LogP contribution in [0.25, 0.3) is 0 Å². The van der Waals surface area contributed by atoms with Crippen LogP contribution in [0.3, 0.4) is 0 Å². The summed E-state index contributed by atoms with van der Waals surface area (Å²) in [6.45, 7) is 4.30. The van der Waals surface area contributed by atoms with Gasteiger partial charge in [-0.05, 0) is 66.5 Å². The van der Waals surface area contributed by atoms with E-state index in [0.717, 1.165) is 30.4 Å². The quantitative estimate of drug-likeness (QED) is 0.783. The normalized spacial score (nSPS) is 40.6. The first kappa shape index (κ1) is 13.8. The summed E-state index contributed by atoms with van der Waals surface area (Å²) in [5.74, 6) is 3.03. The lowest BCUT2D eigenvalue weighted by Gasteiger charge is -2.42. The van der Waals surface area contributed by atoms with Gasteiger partial charge in [0.2, 0.25) is 11.8 Å². The van der Waals surface area contributed by atoms with E-state index >= 15 is 0 Å². The van der Waals surface area contributed by atoms with Gasteiger partial charge in [0.05, 0.1) is 17.5 Å². The molecule has 3 heteroatoms. The molecule has 0 aromatic heterocycles. The summed E-state index contributed by atoms with van der Waals surface area (Å²) in [5.41, 5.74) is 2.01. The second-order valence-electron chi connectivity index (χ2n) is 8.28. The summed E-state index contributed by atoms with van der Waals surface area (Å²) in [4.78, 5) is 27.6. The molecular formula is C20H23NO2. The van der Waals surface area contributed by atoms with E-state index in [2.05, 4.69) is 26.0 Å². The van der Waals surface area contributed by atoms with Crippen molar-refractivity contribution >= 4 is 17.5 Å². The summed E-state index contributed by atoms with van der Waals surface area (Å²) in [6, 6.07) is 8.00. The van der Waals surface area contributed by atoms with Gasteiger partial charge in [-0.3, -0.25) is 14.5 Å². The van der Waals surface area contributed by atoms with Crippen molar-refractivity contribution in [2.24, 2.45) is 35.5 Å². The van der Waals surface area contributed by atoms with E-state index < -0.39 is 0 Å². The van der Waals surface area contributed by atoms with Crippen molar-refractivity contribution in [1.29, 1.82) is 0 Å². The Kier molecular flexibility index (Phi) is 2.67. The molecule has 4 saturated carbocycles. The van der Waals surface area contributed by atoms with Crippen molar-refractivity contribution in [3.05, 3.63) is 29.8 Å². The van der Waals surface area contributed by atoms with Gasteiger partial charge >= 0.3 is 0 Å². The Morgan fingerprint density at radius 1 is 0.870 bits per heavy atom. The van der Waals surface area contributed by atoms with Crippen LogP contribution in [0, 0.1) is 35.5 Å². The topological polar surface area (TPSA) is 37.4 Å². The molecule has 0 spiro atoms. The van der Waals surface area contributed by atoms with E-state index in [1.54, 1.807) is 0 Å². The molecule has 1 saturated heterocycles. The highest BCUT2D eigenvalue weighted by molar-refractivity contribution is 6.22. The molecule has 4 aliphatic carbocycles. The molecule has 2 amide bonds. The van der Waals surface area contributed by atoms with E-state index in [9.17, 15) is 9.59 Å². The summed E-state index contributed by atoms with van der Waals surface area (Å²) in [7, 11) is 0. The van der Waals surface area contributed by atoms with Gasteiger partial charge in [-0.2, -0.15) is 0 Å². The van der Waals surface area contributed by atoms with Crippen LogP contribution >= 0.6 is 0 Å². The Balaban J connectivity index is 1.51. The minimum absolute atomic E-state index is 0.0187. The molecule has 23 heavy (non-hydrogen) atoms. The highest BCUT2D eigenvalue weighted by atomic mass is 16.2. The summed E-state index contributed by atoms with van der Waals surface area (Å²) in [5, 5.41) is 0. The van der Waals surface area contributed by atoms with Crippen LogP contribution in [0.1, 0.15) is 44.6 Å². The molecule has 120 valence electrons. The number of rotatable bonds is 2. The molecule has 1 aromatic carbocycles. The van der Waals surface area contributed by atoms with Crippen LogP contribution in [0.4, 0.5) is 5.69 Å². The third-order valence-electron chi connectivity index (χ3n) is 6.96. The van der Waals surface area contributed by atoms with Gasteiger partial charge in [0, 0.05) is 0 Å². The second-order valence-corrected chi connectivity index (χ2v) is 8.28. The minimum Gasteiger partial charge on any atom is -0.274 e. The van der Waals surface area contributed by atoms with Gasteiger partial charge in [0.25, 0.3) is 0 Å². The Labute approximate surface area is 137 Å². The van der Waals surface area contributed by atoms with E-state index in [0.29, 0.717) is 17.8 Å². The molecular weight excluding hydrogens is 286 g/mol. The van der Waals surface area contributed by atoms with Crippen LogP contribution in [-0.2, 0) is 9.59 Å². The third kappa shape index (κ3) is 1.71. The zero-order chi connectivity index (χ0) is 15.9. The van der Waals surface area contributed by atoms with Crippen molar-refractivity contribution in [2.75, 3.05) is 4.90 Å². The fraction of sp³-hybridized carbons (Fsp3) is 0.600. The Morgan fingerprint density at radius 2 is 1.39 bits per heavy atom. The number of anilines is 1. The zero-order valence-electron chi connectivity index (χ0n) is 13.7. The first-order valence-corrected chi connectivity index (χ1v) is 9.05. The number of carbonyl (C=O) groups is 2. The predicted molar refractivity (Wildman–Crippen MR) is 87.8 cm³/mol. The maximum absolute atomic E-state index is 13.0. The molecule has 5 fully saturated rings. The van der Waals surface area contributed by atoms with Gasteiger partial charge in [-0.15, -0.1) is 0 Å². The lowest BCUT2D eigenvalue weighted by molar-refractivity contribution is -0.129. The number of fused-ring (bicyclic) bond motifs is 1. The molecule has 2 bridgehead atoms.